The van der Waals surface area contributed by atoms with Crippen molar-refractivity contribution >= 4 is 29.5 Å². The largest absolute Gasteiger partial charge is 0.480 e. The van der Waals surface area contributed by atoms with Crippen LogP contribution in [0.4, 0.5) is 5.82 Å². The van der Waals surface area contributed by atoms with Gasteiger partial charge in [-0.25, -0.2) is 14.8 Å². The van der Waals surface area contributed by atoms with E-state index >= 15 is 0 Å². The highest BCUT2D eigenvalue weighted by Gasteiger charge is 2.41. The van der Waals surface area contributed by atoms with Gasteiger partial charge in [0.15, 0.2) is 11.5 Å². The number of aromatic nitrogens is 2. The van der Waals surface area contributed by atoms with Gasteiger partial charge in [-0.1, -0.05) is 0 Å². The Kier molecular flexibility index (Phi) is 3.89. The highest BCUT2D eigenvalue weighted by atomic mass is 32.2. The van der Waals surface area contributed by atoms with Crippen molar-refractivity contribution in [2.24, 2.45) is 0 Å². The number of nitrogens with two attached hydrogens (primary N) is 1. The van der Waals surface area contributed by atoms with Gasteiger partial charge in [0.1, 0.15) is 5.54 Å². The van der Waals surface area contributed by atoms with Crippen LogP contribution in [0.15, 0.2) is 12.4 Å². The van der Waals surface area contributed by atoms with Crippen LogP contribution >= 0.6 is 11.8 Å². The minimum absolute atomic E-state index is 0.00859. The van der Waals surface area contributed by atoms with E-state index in [4.69, 9.17) is 5.73 Å². The molecule has 0 radical (unpaired) electrons. The van der Waals surface area contributed by atoms with Crippen molar-refractivity contribution in [3.8, 4) is 0 Å². The number of rotatable bonds is 3. The molecule has 0 spiro atoms. The summed E-state index contributed by atoms with van der Waals surface area (Å²) in [6.07, 6.45) is 3.49. The number of thioether (sulfide) groups is 1. The van der Waals surface area contributed by atoms with E-state index in [-0.39, 0.29) is 11.5 Å². The fraction of sp³-hybridized carbons (Fsp3) is 0.455. The predicted molar refractivity (Wildman–Crippen MR) is 70.8 cm³/mol. The molecular weight excluding hydrogens is 268 g/mol. The average molecular weight is 282 g/mol. The highest BCUT2D eigenvalue weighted by molar-refractivity contribution is 7.99. The summed E-state index contributed by atoms with van der Waals surface area (Å²) in [5.41, 5.74) is 4.29. The molecule has 19 heavy (non-hydrogen) atoms. The zero-order valence-corrected chi connectivity index (χ0v) is 10.9. The summed E-state index contributed by atoms with van der Waals surface area (Å²) < 4.78 is 0. The lowest BCUT2D eigenvalue weighted by molar-refractivity contribution is -0.144. The van der Waals surface area contributed by atoms with Crippen LogP contribution in [0.1, 0.15) is 23.3 Å². The van der Waals surface area contributed by atoms with Gasteiger partial charge in [0.2, 0.25) is 0 Å². The Hall–Kier alpha value is -1.83. The van der Waals surface area contributed by atoms with Crippen molar-refractivity contribution in [1.82, 2.24) is 15.3 Å². The average Bonchev–Trinajstić information content (AvgIpc) is 2.40. The third kappa shape index (κ3) is 2.78. The summed E-state index contributed by atoms with van der Waals surface area (Å²) in [6, 6.07) is 0. The van der Waals surface area contributed by atoms with E-state index in [9.17, 15) is 14.7 Å². The summed E-state index contributed by atoms with van der Waals surface area (Å²) in [6.45, 7) is 0. The van der Waals surface area contributed by atoms with Crippen LogP contribution in [0.5, 0.6) is 0 Å². The molecule has 102 valence electrons. The minimum atomic E-state index is -1.23. The lowest BCUT2D eigenvalue weighted by Crippen LogP contribution is -2.56. The Morgan fingerprint density at radius 2 is 1.95 bits per heavy atom. The van der Waals surface area contributed by atoms with Crippen molar-refractivity contribution in [3.05, 3.63) is 18.1 Å². The van der Waals surface area contributed by atoms with E-state index < -0.39 is 17.4 Å². The van der Waals surface area contributed by atoms with Gasteiger partial charge in [-0.15, -0.1) is 0 Å². The lowest BCUT2D eigenvalue weighted by Gasteiger charge is -2.33. The second-order valence-corrected chi connectivity index (χ2v) is 5.47. The van der Waals surface area contributed by atoms with Crippen LogP contribution in [-0.4, -0.2) is 44.0 Å². The summed E-state index contributed by atoms with van der Waals surface area (Å²) >= 11 is 1.67. The van der Waals surface area contributed by atoms with Crippen molar-refractivity contribution < 1.29 is 14.7 Å². The fourth-order valence-corrected chi connectivity index (χ4v) is 3.10. The van der Waals surface area contributed by atoms with E-state index in [1.807, 2.05) is 0 Å². The molecule has 2 rings (SSSR count). The highest BCUT2D eigenvalue weighted by Crippen LogP contribution is 2.27. The summed E-state index contributed by atoms with van der Waals surface area (Å²) in [5, 5.41) is 11.9. The number of nitrogens with zero attached hydrogens (tertiary/aromatic N) is 2. The topological polar surface area (TPSA) is 118 Å². The number of nitrogen functional groups attached to an aromatic ring is 1. The molecule has 7 nitrogen and oxygen atoms in total. The van der Waals surface area contributed by atoms with Crippen molar-refractivity contribution in [3.63, 3.8) is 0 Å². The Morgan fingerprint density at radius 1 is 1.32 bits per heavy atom. The number of carboxylic acid groups (broad SMARTS) is 1. The monoisotopic (exact) mass is 282 g/mol. The van der Waals surface area contributed by atoms with Crippen LogP contribution in [0, 0.1) is 0 Å². The van der Waals surface area contributed by atoms with Crippen LogP contribution in [0.3, 0.4) is 0 Å². The molecule has 0 aliphatic carbocycles. The molecule has 0 aromatic carbocycles. The molecule has 1 fully saturated rings. The zero-order valence-electron chi connectivity index (χ0n) is 10.1. The second kappa shape index (κ2) is 5.43. The van der Waals surface area contributed by atoms with Crippen molar-refractivity contribution in [2.75, 3.05) is 17.2 Å². The molecule has 0 atom stereocenters. The summed E-state index contributed by atoms with van der Waals surface area (Å²) in [7, 11) is 0. The third-order valence-corrected chi connectivity index (χ3v) is 4.04. The first kappa shape index (κ1) is 13.6. The molecule has 1 aliphatic rings. The molecule has 1 aliphatic heterocycles. The van der Waals surface area contributed by atoms with Crippen LogP contribution in [0.2, 0.25) is 0 Å². The molecule has 1 amide bonds. The first-order chi connectivity index (χ1) is 9.05. The van der Waals surface area contributed by atoms with Crippen molar-refractivity contribution in [1.29, 1.82) is 0 Å². The van der Waals surface area contributed by atoms with E-state index in [0.717, 1.165) is 0 Å². The molecular formula is C11H14N4O3S. The maximum Gasteiger partial charge on any atom is 0.329 e. The standard InChI is InChI=1S/C11H14N4O3S/c12-8-7(13-3-4-14-8)9(16)15-11(10(17)18)1-5-19-6-2-11/h3-4H,1-2,5-6H2,(H2,12,14)(H,15,16)(H,17,18). The van der Waals surface area contributed by atoms with Gasteiger partial charge in [-0.3, -0.25) is 4.79 Å². The zero-order chi connectivity index (χ0) is 13.9. The maximum atomic E-state index is 12.1. The molecule has 1 aromatic heterocycles. The lowest BCUT2D eigenvalue weighted by atomic mass is 9.92. The van der Waals surface area contributed by atoms with E-state index in [2.05, 4.69) is 15.3 Å². The van der Waals surface area contributed by atoms with Gasteiger partial charge in [0.05, 0.1) is 0 Å². The molecule has 0 saturated carbocycles. The van der Waals surface area contributed by atoms with Crippen molar-refractivity contribution in [2.45, 2.75) is 18.4 Å². The Morgan fingerprint density at radius 3 is 2.53 bits per heavy atom. The quantitative estimate of drug-likeness (QED) is 0.721. The number of hydrogen-bond acceptors (Lipinski definition) is 6. The molecule has 1 saturated heterocycles. The maximum absolute atomic E-state index is 12.1. The molecule has 4 N–H and O–H groups in total. The van der Waals surface area contributed by atoms with Gasteiger partial charge in [-0.2, -0.15) is 11.8 Å². The number of hydrogen-bond donors (Lipinski definition) is 3. The number of anilines is 1. The normalized spacial score (nSPS) is 17.7. The summed E-state index contributed by atoms with van der Waals surface area (Å²) in [5.74, 6) is -0.236. The van der Waals surface area contributed by atoms with E-state index in [0.29, 0.717) is 24.3 Å². The molecule has 1 aromatic rings. The van der Waals surface area contributed by atoms with Gasteiger partial charge in [-0.05, 0) is 24.3 Å². The van der Waals surface area contributed by atoms with Gasteiger partial charge >= 0.3 is 5.97 Å². The Balaban J connectivity index is 2.20. The van der Waals surface area contributed by atoms with E-state index in [1.165, 1.54) is 12.4 Å². The molecule has 8 heteroatoms. The fourth-order valence-electron chi connectivity index (χ4n) is 1.91. The van der Waals surface area contributed by atoms with Crippen LogP contribution in [0.25, 0.3) is 0 Å². The Labute approximate surface area is 114 Å². The number of carbonyl (C=O) groups is 2. The predicted octanol–water partition coefficient (Wildman–Crippen LogP) is 0.139. The van der Waals surface area contributed by atoms with Gasteiger partial charge < -0.3 is 16.2 Å². The Bertz CT molecular complexity index is 502. The number of carboxylic acids is 1. The summed E-state index contributed by atoms with van der Waals surface area (Å²) in [4.78, 5) is 31.1. The second-order valence-electron chi connectivity index (χ2n) is 4.24. The van der Waals surface area contributed by atoms with Crippen LogP contribution < -0.4 is 11.1 Å². The SMILES string of the molecule is Nc1nccnc1C(=O)NC1(C(=O)O)CCSCC1. The smallest absolute Gasteiger partial charge is 0.329 e. The molecule has 0 bridgehead atoms. The molecule has 0 unspecified atom stereocenters. The van der Waals surface area contributed by atoms with Gasteiger partial charge in [0, 0.05) is 12.4 Å². The number of carbonyl (C=O) groups excluding carboxylic acids is 1. The minimum Gasteiger partial charge on any atom is -0.480 e. The molecule has 2 heterocycles. The third-order valence-electron chi connectivity index (χ3n) is 3.05. The number of nitrogens with one attached hydrogen (secondary N) is 1. The number of amides is 1. The van der Waals surface area contributed by atoms with Crippen LogP contribution in [-0.2, 0) is 4.79 Å². The number of aliphatic carboxylic acids is 1. The first-order valence-corrected chi connectivity index (χ1v) is 6.91. The van der Waals surface area contributed by atoms with E-state index in [1.54, 1.807) is 11.8 Å². The first-order valence-electron chi connectivity index (χ1n) is 5.75. The van der Waals surface area contributed by atoms with Gasteiger partial charge in [0.25, 0.3) is 5.91 Å².